The first-order valence-electron chi connectivity index (χ1n) is 8.90. The van der Waals surface area contributed by atoms with Crippen LogP contribution < -0.4 is 4.90 Å². The summed E-state index contributed by atoms with van der Waals surface area (Å²) >= 11 is 3.66. The van der Waals surface area contributed by atoms with Crippen molar-refractivity contribution in [3.05, 3.63) is 106 Å². The fourth-order valence-corrected chi connectivity index (χ4v) is 3.99. The van der Waals surface area contributed by atoms with Gasteiger partial charge in [0.1, 0.15) is 0 Å². The van der Waals surface area contributed by atoms with Gasteiger partial charge in [0.05, 0.1) is 12.2 Å². The standard InChI is InChI=1S/C24H22BrNO/c1-18-15-19(2)24(22(25)16-18)26(17-21-11-7-4-8-12-21)23(27)14-13-20-9-5-3-6-10-20/h3-16H,17H2,1-2H3/b14-13+. The molecule has 0 heterocycles. The summed E-state index contributed by atoms with van der Waals surface area (Å²) in [7, 11) is 0. The van der Waals surface area contributed by atoms with Crippen molar-refractivity contribution >= 4 is 33.6 Å². The van der Waals surface area contributed by atoms with Crippen molar-refractivity contribution in [3.8, 4) is 0 Å². The summed E-state index contributed by atoms with van der Waals surface area (Å²) in [5.41, 5.74) is 5.23. The van der Waals surface area contributed by atoms with E-state index in [-0.39, 0.29) is 5.91 Å². The Morgan fingerprint density at radius 2 is 1.59 bits per heavy atom. The Bertz CT molecular complexity index is 926. The Balaban J connectivity index is 1.97. The van der Waals surface area contributed by atoms with Crippen molar-refractivity contribution in [1.29, 1.82) is 0 Å². The molecule has 3 rings (SSSR count). The van der Waals surface area contributed by atoms with Gasteiger partial charge in [-0.3, -0.25) is 4.79 Å². The average Bonchev–Trinajstić information content (AvgIpc) is 2.66. The maximum atomic E-state index is 13.1. The largest absolute Gasteiger partial charge is 0.303 e. The molecule has 0 atom stereocenters. The minimum Gasteiger partial charge on any atom is -0.303 e. The predicted octanol–water partition coefficient (Wildman–Crippen LogP) is 6.31. The maximum Gasteiger partial charge on any atom is 0.251 e. The normalized spacial score (nSPS) is 10.9. The van der Waals surface area contributed by atoms with Crippen LogP contribution in [-0.4, -0.2) is 5.91 Å². The van der Waals surface area contributed by atoms with Crippen LogP contribution in [0.15, 0.2) is 83.3 Å². The van der Waals surface area contributed by atoms with Gasteiger partial charge < -0.3 is 4.90 Å². The number of anilines is 1. The van der Waals surface area contributed by atoms with Crippen LogP contribution in [0.25, 0.3) is 6.08 Å². The summed E-state index contributed by atoms with van der Waals surface area (Å²) in [6, 6.07) is 24.1. The molecule has 1 amide bonds. The lowest BCUT2D eigenvalue weighted by Gasteiger charge is -2.25. The van der Waals surface area contributed by atoms with Crippen LogP contribution in [0.4, 0.5) is 5.69 Å². The van der Waals surface area contributed by atoms with Gasteiger partial charge in [-0.1, -0.05) is 66.7 Å². The van der Waals surface area contributed by atoms with E-state index in [9.17, 15) is 4.79 Å². The van der Waals surface area contributed by atoms with Gasteiger partial charge in [-0.05, 0) is 64.2 Å². The molecule has 0 fully saturated rings. The molecule has 0 bridgehead atoms. The van der Waals surface area contributed by atoms with Gasteiger partial charge in [0.2, 0.25) is 0 Å². The number of nitrogens with zero attached hydrogens (tertiary/aromatic N) is 1. The number of hydrogen-bond donors (Lipinski definition) is 0. The number of amides is 1. The van der Waals surface area contributed by atoms with Crippen molar-refractivity contribution in [1.82, 2.24) is 0 Å². The quantitative estimate of drug-likeness (QED) is 0.443. The van der Waals surface area contributed by atoms with E-state index in [1.807, 2.05) is 78.6 Å². The molecule has 0 aliphatic carbocycles. The lowest BCUT2D eigenvalue weighted by atomic mass is 10.1. The number of carbonyl (C=O) groups excluding carboxylic acids is 1. The molecule has 0 N–H and O–H groups in total. The highest BCUT2D eigenvalue weighted by molar-refractivity contribution is 9.10. The molecule has 0 aromatic heterocycles. The molecule has 2 nitrogen and oxygen atoms in total. The first-order valence-corrected chi connectivity index (χ1v) is 9.69. The third-order valence-corrected chi connectivity index (χ3v) is 4.94. The highest BCUT2D eigenvalue weighted by atomic mass is 79.9. The van der Waals surface area contributed by atoms with E-state index in [1.165, 1.54) is 0 Å². The monoisotopic (exact) mass is 419 g/mol. The Morgan fingerprint density at radius 3 is 2.22 bits per heavy atom. The van der Waals surface area contributed by atoms with E-state index in [0.29, 0.717) is 6.54 Å². The summed E-state index contributed by atoms with van der Waals surface area (Å²) in [6.07, 6.45) is 3.50. The van der Waals surface area contributed by atoms with E-state index in [2.05, 4.69) is 35.0 Å². The summed E-state index contributed by atoms with van der Waals surface area (Å²) in [4.78, 5) is 15.0. The lowest BCUT2D eigenvalue weighted by Crippen LogP contribution is -2.29. The van der Waals surface area contributed by atoms with Gasteiger partial charge in [0, 0.05) is 10.5 Å². The first-order chi connectivity index (χ1) is 13.0. The second-order valence-corrected chi connectivity index (χ2v) is 7.42. The lowest BCUT2D eigenvalue weighted by molar-refractivity contribution is -0.114. The van der Waals surface area contributed by atoms with Crippen LogP contribution in [0.5, 0.6) is 0 Å². The molecule has 0 radical (unpaired) electrons. The molecule has 3 heteroatoms. The fourth-order valence-electron chi connectivity index (χ4n) is 3.10. The first kappa shape index (κ1) is 19.1. The zero-order chi connectivity index (χ0) is 19.2. The summed E-state index contributed by atoms with van der Waals surface area (Å²) < 4.78 is 0.928. The molecule has 3 aromatic carbocycles. The summed E-state index contributed by atoms with van der Waals surface area (Å²) in [5.74, 6) is -0.0460. The molecule has 0 aliphatic heterocycles. The Kier molecular flexibility index (Phi) is 6.25. The van der Waals surface area contributed by atoms with E-state index in [1.54, 1.807) is 6.08 Å². The minimum absolute atomic E-state index is 0.0460. The van der Waals surface area contributed by atoms with Crippen molar-refractivity contribution in [2.24, 2.45) is 0 Å². The molecule has 0 unspecified atom stereocenters. The van der Waals surface area contributed by atoms with Gasteiger partial charge in [0.25, 0.3) is 5.91 Å². The SMILES string of the molecule is Cc1cc(C)c(N(Cc2ccccc2)C(=O)/C=C/c2ccccc2)c(Br)c1. The molecule has 3 aromatic rings. The van der Waals surface area contributed by atoms with Crippen LogP contribution in [0.2, 0.25) is 0 Å². The van der Waals surface area contributed by atoms with Crippen LogP contribution in [0.1, 0.15) is 22.3 Å². The Hall–Kier alpha value is -2.65. The third kappa shape index (κ3) is 4.95. The summed E-state index contributed by atoms with van der Waals surface area (Å²) in [5, 5.41) is 0. The molecule has 0 saturated carbocycles. The van der Waals surface area contributed by atoms with Crippen molar-refractivity contribution < 1.29 is 4.79 Å². The van der Waals surface area contributed by atoms with Crippen LogP contribution in [0, 0.1) is 13.8 Å². The molecular weight excluding hydrogens is 398 g/mol. The van der Waals surface area contributed by atoms with Gasteiger partial charge >= 0.3 is 0 Å². The molecular formula is C24H22BrNO. The smallest absolute Gasteiger partial charge is 0.251 e. The van der Waals surface area contributed by atoms with Gasteiger partial charge in [-0.2, -0.15) is 0 Å². The highest BCUT2D eigenvalue weighted by Crippen LogP contribution is 2.33. The van der Waals surface area contributed by atoms with Crippen LogP contribution >= 0.6 is 15.9 Å². The van der Waals surface area contributed by atoms with E-state index in [4.69, 9.17) is 0 Å². The zero-order valence-corrected chi connectivity index (χ0v) is 17.1. The average molecular weight is 420 g/mol. The number of halogens is 1. The van der Waals surface area contributed by atoms with E-state index in [0.717, 1.165) is 32.4 Å². The number of benzene rings is 3. The molecule has 27 heavy (non-hydrogen) atoms. The van der Waals surface area contributed by atoms with Crippen molar-refractivity contribution in [3.63, 3.8) is 0 Å². The molecule has 0 spiro atoms. The van der Waals surface area contributed by atoms with Crippen molar-refractivity contribution in [2.45, 2.75) is 20.4 Å². The van der Waals surface area contributed by atoms with Gasteiger partial charge in [-0.25, -0.2) is 0 Å². The van der Waals surface area contributed by atoms with Crippen LogP contribution in [-0.2, 0) is 11.3 Å². The fraction of sp³-hybridized carbons (Fsp3) is 0.125. The highest BCUT2D eigenvalue weighted by Gasteiger charge is 2.19. The number of hydrogen-bond acceptors (Lipinski definition) is 1. The van der Waals surface area contributed by atoms with Crippen LogP contribution in [0.3, 0.4) is 0 Å². The minimum atomic E-state index is -0.0460. The maximum absolute atomic E-state index is 13.1. The second-order valence-electron chi connectivity index (χ2n) is 6.57. The Morgan fingerprint density at radius 1 is 0.963 bits per heavy atom. The van der Waals surface area contributed by atoms with E-state index < -0.39 is 0 Å². The number of carbonyl (C=O) groups is 1. The number of rotatable bonds is 5. The van der Waals surface area contributed by atoms with E-state index >= 15 is 0 Å². The predicted molar refractivity (Wildman–Crippen MR) is 117 cm³/mol. The zero-order valence-electron chi connectivity index (χ0n) is 15.5. The molecule has 0 aliphatic rings. The van der Waals surface area contributed by atoms with Gasteiger partial charge in [-0.15, -0.1) is 0 Å². The Labute approximate surface area is 169 Å². The molecule has 136 valence electrons. The molecule has 0 saturated heterocycles. The van der Waals surface area contributed by atoms with Gasteiger partial charge in [0.15, 0.2) is 0 Å². The van der Waals surface area contributed by atoms with Crippen molar-refractivity contribution in [2.75, 3.05) is 4.90 Å². The third-order valence-electron chi connectivity index (χ3n) is 4.34. The number of aryl methyl sites for hydroxylation is 2. The second kappa shape index (κ2) is 8.83. The topological polar surface area (TPSA) is 20.3 Å². The summed E-state index contributed by atoms with van der Waals surface area (Å²) in [6.45, 7) is 4.61.